The largest absolute Gasteiger partial charge is 0.790 e. The Kier molecular flexibility index (Phi) is 37.2. The molecular weight excluding hydrogens is 1690 g/mol. The number of aliphatic hydroxyl groups excluding tert-OH is 5. The lowest BCUT2D eigenvalue weighted by Crippen LogP contribution is -2.46. The van der Waals surface area contributed by atoms with Gasteiger partial charge >= 0.3 is 11.9 Å². The molecule has 6 rings (SSSR count). The Labute approximate surface area is 654 Å². The molecule has 2 saturated heterocycles. The van der Waals surface area contributed by atoms with Gasteiger partial charge in [-0.3, -0.25) is 70.5 Å². The lowest BCUT2D eigenvalue weighted by molar-refractivity contribution is -0.348. The summed E-state index contributed by atoms with van der Waals surface area (Å²) in [5.74, 6) is -6.95. The lowest BCUT2D eigenvalue weighted by Gasteiger charge is -2.36. The van der Waals surface area contributed by atoms with E-state index in [9.17, 15) is 135 Å². The number of phosphoric ester groups is 6. The molecule has 2 aliphatic rings. The number of carbonyl (C=O) groups excluding carboxylic acids is 7. The van der Waals surface area contributed by atoms with Crippen LogP contribution in [0.1, 0.15) is 117 Å². The van der Waals surface area contributed by atoms with Crippen LogP contribution in [0.25, 0.3) is 22.3 Å². The number of ether oxygens (including phenoxy) is 2. The molecule has 0 aliphatic carbocycles. The standard InChI is InChI=1S/C28H46N7O20P3.C28H44N7O20P3/c2*1-28(2,23(42)26(43)31-9-7-18(38)30-8-6-16(37)10-15(36)4-3-5-19(39)40)12-52-58(49,50)55-57(47,48)51-11-17-22(54-56(44,45)46)21(41)27(53-17)35-14-34-20-24(29)32-13-33-25(20)35/h13-15,17,21-23,27,36,41-42H,3-12H2,1-2H3,(H,30,38)(H,31,43)(H,39,40)(H,47,48)(H,49,50)(H2,29,32,33)(H2,44,45,46);13-14,17,21-23,27,41-42H,3-12H2,1-2H3,(H,30,38)(H,31,43)(H,39,40)(H,47,48)(H,49,50)(H2,29,32,33)(H2,44,45,46)/p-8. The highest BCUT2D eigenvalue weighted by Crippen LogP contribution is 2.58. The van der Waals surface area contributed by atoms with Crippen LogP contribution in [0.3, 0.4) is 0 Å². The van der Waals surface area contributed by atoms with E-state index in [1.807, 2.05) is 0 Å². The van der Waals surface area contributed by atoms with Crippen molar-refractivity contribution < 1.29 is 191 Å². The number of amides is 4. The molecule has 15 unspecified atom stereocenters. The summed E-state index contributed by atoms with van der Waals surface area (Å²) in [6, 6.07) is 0. The lowest BCUT2D eigenvalue weighted by atomic mass is 9.87. The van der Waals surface area contributed by atoms with Crippen LogP contribution < -0.4 is 71.9 Å². The van der Waals surface area contributed by atoms with Gasteiger partial charge in [0.1, 0.15) is 89.9 Å². The second-order valence-corrected chi connectivity index (χ2v) is 34.8. The molecule has 0 saturated carbocycles. The molecule has 6 heterocycles. The smallest absolute Gasteiger partial charge is 0.303 e. The number of ketones is 3. The minimum Gasteiger partial charge on any atom is -0.790 e. The number of fused-ring (bicyclic) bond motifs is 2. The highest BCUT2D eigenvalue weighted by molar-refractivity contribution is 7.60. The summed E-state index contributed by atoms with van der Waals surface area (Å²) in [5, 5.41) is 78.9. The van der Waals surface area contributed by atoms with Gasteiger partial charge in [-0.25, -0.2) is 38.5 Å². The van der Waals surface area contributed by atoms with E-state index in [-0.39, 0.29) is 137 Å². The van der Waals surface area contributed by atoms with Crippen LogP contribution in [0.2, 0.25) is 0 Å². The van der Waals surface area contributed by atoms with Gasteiger partial charge in [-0.2, -0.15) is 0 Å². The summed E-state index contributed by atoms with van der Waals surface area (Å²) in [6.45, 7) is -0.914. The van der Waals surface area contributed by atoms with E-state index in [0.29, 0.717) is 0 Å². The molecule has 0 spiro atoms. The summed E-state index contributed by atoms with van der Waals surface area (Å²) in [6.07, 6.45) is -17.8. The average Bonchev–Trinajstić information content (AvgIpc) is 1.62. The van der Waals surface area contributed by atoms with E-state index in [0.717, 1.165) is 62.1 Å². The van der Waals surface area contributed by atoms with Crippen molar-refractivity contribution in [1.82, 2.24) is 60.3 Å². The maximum absolute atomic E-state index is 12.5. The minimum atomic E-state index is -5.95. The maximum atomic E-state index is 12.5. The zero-order valence-electron chi connectivity index (χ0n) is 61.3. The molecular formula is C56H82N14O40P6-8. The number of aromatic nitrogens is 8. The summed E-state index contributed by atoms with van der Waals surface area (Å²) >= 11 is 0. The molecule has 0 aromatic carbocycles. The van der Waals surface area contributed by atoms with Crippen LogP contribution in [0.5, 0.6) is 0 Å². The number of carboxylic acids is 2. The number of aliphatic hydroxyl groups is 5. The topological polar surface area (TPSA) is 862 Å². The molecule has 2 fully saturated rings. The van der Waals surface area contributed by atoms with E-state index in [2.05, 4.69) is 86.9 Å². The highest BCUT2D eigenvalue weighted by atomic mass is 31.3. The average molecular weight is 1780 g/mol. The van der Waals surface area contributed by atoms with Crippen LogP contribution >= 0.6 is 46.9 Å². The van der Waals surface area contributed by atoms with Crippen molar-refractivity contribution in [2.75, 3.05) is 64.1 Å². The number of Topliss-reactive ketones (excluding diaryl/α,β-unsaturated/α-hetero) is 3. The summed E-state index contributed by atoms with van der Waals surface area (Å²) in [7, 11) is -35.4. The number of hydrogen-bond donors (Lipinski definition) is 13. The molecule has 4 aromatic rings. The van der Waals surface area contributed by atoms with Crippen molar-refractivity contribution in [3.8, 4) is 0 Å². The molecule has 4 aromatic heterocycles. The minimum absolute atomic E-state index is 0.0271. The van der Waals surface area contributed by atoms with Crippen molar-refractivity contribution >= 4 is 134 Å². The van der Waals surface area contributed by atoms with Gasteiger partial charge in [0.25, 0.3) is 31.3 Å². The Morgan fingerprint density at radius 1 is 0.509 bits per heavy atom. The fraction of sp³-hybridized carbons (Fsp3) is 0.661. The molecule has 0 bridgehead atoms. The van der Waals surface area contributed by atoms with Crippen LogP contribution in [0.15, 0.2) is 25.3 Å². The van der Waals surface area contributed by atoms with Crippen LogP contribution in [0, 0.1) is 10.8 Å². The zero-order chi connectivity index (χ0) is 87.3. The molecule has 116 heavy (non-hydrogen) atoms. The van der Waals surface area contributed by atoms with E-state index in [1.54, 1.807) is 0 Å². The summed E-state index contributed by atoms with van der Waals surface area (Å²) in [5.41, 5.74) is 7.95. The van der Waals surface area contributed by atoms with Crippen molar-refractivity contribution in [2.45, 2.75) is 172 Å². The first-order valence-corrected chi connectivity index (χ1v) is 42.7. The van der Waals surface area contributed by atoms with Gasteiger partial charge in [-0.05, 0) is 19.3 Å². The van der Waals surface area contributed by atoms with Crippen molar-refractivity contribution in [2.24, 2.45) is 10.8 Å². The van der Waals surface area contributed by atoms with Gasteiger partial charge in [0, 0.05) is 88.4 Å². The normalized spacial score (nSPS) is 21.5. The quantitative estimate of drug-likeness (QED) is 0.0144. The molecule has 15 atom stereocenters. The first-order valence-electron chi connectivity index (χ1n) is 33.9. The highest BCUT2D eigenvalue weighted by Gasteiger charge is 2.50. The monoisotopic (exact) mass is 1780 g/mol. The van der Waals surface area contributed by atoms with Gasteiger partial charge in [-0.1, -0.05) is 27.7 Å². The Morgan fingerprint density at radius 3 is 1.26 bits per heavy atom. The van der Waals surface area contributed by atoms with Crippen LogP contribution in [-0.4, -0.2) is 235 Å². The molecule has 654 valence electrons. The van der Waals surface area contributed by atoms with Gasteiger partial charge in [0.05, 0.1) is 67.3 Å². The molecule has 2 aliphatic heterocycles. The van der Waals surface area contributed by atoms with Crippen molar-refractivity contribution in [1.29, 1.82) is 0 Å². The fourth-order valence-electron chi connectivity index (χ4n) is 10.3. The maximum Gasteiger partial charge on any atom is 0.303 e. The molecule has 0 radical (unpaired) electrons. The van der Waals surface area contributed by atoms with Gasteiger partial charge in [-0.15, -0.1) is 0 Å². The number of aliphatic carboxylic acids is 2. The first-order chi connectivity index (χ1) is 53.6. The van der Waals surface area contributed by atoms with E-state index < -0.39 is 205 Å². The summed E-state index contributed by atoms with van der Waals surface area (Å²) in [4.78, 5) is 224. The van der Waals surface area contributed by atoms with E-state index in [4.69, 9.17) is 31.2 Å². The van der Waals surface area contributed by atoms with Crippen molar-refractivity contribution in [3.63, 3.8) is 0 Å². The Morgan fingerprint density at radius 2 is 0.871 bits per heavy atom. The van der Waals surface area contributed by atoms with Gasteiger partial charge in [0.15, 0.2) is 35.4 Å². The predicted molar refractivity (Wildman–Crippen MR) is 364 cm³/mol. The van der Waals surface area contributed by atoms with Gasteiger partial charge in [0.2, 0.25) is 23.6 Å². The number of nitrogens with one attached hydrogen (secondary N) is 4. The van der Waals surface area contributed by atoms with E-state index >= 15 is 0 Å². The fourth-order valence-corrected chi connectivity index (χ4v) is 15.8. The second-order valence-electron chi connectivity index (χ2n) is 26.7. The predicted octanol–water partition coefficient (Wildman–Crippen LogP) is -8.11. The number of carbonyl (C=O) groups is 9. The number of nitrogens with zero attached hydrogens (tertiary/aromatic N) is 8. The van der Waals surface area contributed by atoms with Crippen molar-refractivity contribution in [3.05, 3.63) is 25.3 Å². The number of nitrogen functional groups attached to an aromatic ring is 2. The third kappa shape index (κ3) is 32.9. The third-order valence-corrected chi connectivity index (χ3v) is 22.2. The molecule has 4 amide bonds. The number of phosphoric acid groups is 6. The first kappa shape index (κ1) is 99.6. The molecule has 54 nitrogen and oxygen atoms in total. The number of carboxylic acid groups (broad SMARTS) is 2. The zero-order valence-corrected chi connectivity index (χ0v) is 66.7. The Balaban J connectivity index is 0.000000414. The molecule has 60 heteroatoms. The second kappa shape index (κ2) is 43.3. The Bertz CT molecular complexity index is 4410. The van der Waals surface area contributed by atoms with Crippen LogP contribution in [0.4, 0.5) is 11.6 Å². The number of anilines is 2. The number of imidazole rings is 2. The van der Waals surface area contributed by atoms with Crippen LogP contribution in [-0.2, 0) is 116 Å². The third-order valence-electron chi connectivity index (χ3n) is 16.2. The SMILES string of the molecule is CC(C)(COP(=O)([O-])OP(=O)([O-])OCC1OC(n2cnc3c(N)ncnc32)C(O)C1OP(=O)([O-])[O-])C(O)C(=O)NCCC(=O)NCCC(=O)CC(=O)CCCC(=O)O.CC(C)(COP(=O)([O-])OP(=O)([O-])OCC1OC(n2cnc3c(N)ncnc32)C(O)C1OP(=O)([O-])[O-])C(O)C(=O)NCCC(=O)NCCC(=O)CC(O)CCCC(=O)O. The molecule has 15 N–H and O–H groups in total. The van der Waals surface area contributed by atoms with Gasteiger partial charge < -0.3 is 153 Å². The summed E-state index contributed by atoms with van der Waals surface area (Å²) < 4.78 is 121. The number of rotatable bonds is 50. The number of nitrogens with two attached hydrogens (primary N) is 2. The number of hydrogen-bond acceptors (Lipinski definition) is 46. The Hall–Kier alpha value is -7.01. The van der Waals surface area contributed by atoms with E-state index in [1.165, 1.54) is 0 Å².